The molecule has 1 amide bonds. The minimum absolute atomic E-state index is 0.104. The number of nitrogens with zero attached hydrogens (tertiary/aromatic N) is 4. The Labute approximate surface area is 206 Å². The van der Waals surface area contributed by atoms with Crippen LogP contribution in [0.4, 0.5) is 4.79 Å². The summed E-state index contributed by atoms with van der Waals surface area (Å²) in [6.07, 6.45) is 1.39. The van der Waals surface area contributed by atoms with E-state index in [2.05, 4.69) is 0 Å². The monoisotopic (exact) mass is 490 g/mol. The molecule has 0 fully saturated rings. The fraction of sp³-hybridized carbons (Fsp3) is 0.308. The Hall–Kier alpha value is -4.34. The molecule has 2 aromatic carbocycles. The summed E-state index contributed by atoms with van der Waals surface area (Å²) in [6.45, 7) is 5.45. The lowest BCUT2D eigenvalue weighted by Crippen LogP contribution is -2.46. The maximum absolute atomic E-state index is 13.7. The Morgan fingerprint density at radius 1 is 1.06 bits per heavy atom. The number of hydrogen-bond donors (Lipinski definition) is 0. The van der Waals surface area contributed by atoms with Crippen LogP contribution < -0.4 is 20.9 Å². The van der Waals surface area contributed by atoms with Crippen LogP contribution >= 0.6 is 0 Å². The predicted molar refractivity (Wildman–Crippen MR) is 131 cm³/mol. The predicted octanol–water partition coefficient (Wildman–Crippen LogP) is 2.76. The Morgan fingerprint density at radius 2 is 1.75 bits per heavy atom. The zero-order chi connectivity index (χ0) is 25.9. The second-order valence-electron chi connectivity index (χ2n) is 9.57. The second kappa shape index (κ2) is 8.11. The van der Waals surface area contributed by atoms with Gasteiger partial charge >= 0.3 is 17.5 Å². The Kier molecular flexibility index (Phi) is 5.27. The molecule has 1 unspecified atom stereocenters. The van der Waals surface area contributed by atoms with Gasteiger partial charge in [0.25, 0.3) is 0 Å². The van der Waals surface area contributed by atoms with Crippen molar-refractivity contribution >= 4 is 11.9 Å². The van der Waals surface area contributed by atoms with Gasteiger partial charge in [0, 0.05) is 31.3 Å². The summed E-state index contributed by atoms with van der Waals surface area (Å²) in [5.41, 5.74) is 0.623. The minimum atomic E-state index is -0.784. The van der Waals surface area contributed by atoms with Gasteiger partial charge in [0.05, 0.1) is 12.2 Å². The van der Waals surface area contributed by atoms with Crippen LogP contribution in [0.1, 0.15) is 42.7 Å². The van der Waals surface area contributed by atoms with Crippen molar-refractivity contribution in [1.82, 2.24) is 18.8 Å². The summed E-state index contributed by atoms with van der Waals surface area (Å²) >= 11 is 0. The zero-order valence-corrected chi connectivity index (χ0v) is 20.6. The Balaban J connectivity index is 1.65. The number of benzene rings is 2. The van der Waals surface area contributed by atoms with Gasteiger partial charge in [0.1, 0.15) is 23.1 Å². The lowest BCUT2D eigenvalue weighted by molar-refractivity contribution is 0.101. The fourth-order valence-corrected chi connectivity index (χ4v) is 4.70. The average molecular weight is 491 g/mol. The lowest BCUT2D eigenvalue weighted by Gasteiger charge is -2.42. The first-order valence-electron chi connectivity index (χ1n) is 11.5. The van der Waals surface area contributed by atoms with Crippen molar-refractivity contribution in [1.29, 1.82) is 0 Å². The van der Waals surface area contributed by atoms with Gasteiger partial charge < -0.3 is 14.4 Å². The maximum Gasteiger partial charge on any atom is 0.414 e. The minimum Gasteiger partial charge on any atom is -0.483 e. The third-order valence-electron chi connectivity index (χ3n) is 6.53. The van der Waals surface area contributed by atoms with E-state index in [0.717, 1.165) is 10.1 Å². The van der Waals surface area contributed by atoms with Gasteiger partial charge in [-0.3, -0.25) is 4.79 Å². The van der Waals surface area contributed by atoms with E-state index in [1.54, 1.807) is 56.6 Å². The van der Waals surface area contributed by atoms with Crippen LogP contribution in [0.5, 0.6) is 11.5 Å². The molecule has 2 aliphatic heterocycles. The molecule has 0 radical (unpaired) electrons. The number of fused-ring (bicyclic) bond motifs is 5. The molecule has 186 valence electrons. The van der Waals surface area contributed by atoms with E-state index in [4.69, 9.17) is 9.47 Å². The van der Waals surface area contributed by atoms with Crippen LogP contribution in [-0.2, 0) is 6.54 Å². The highest BCUT2D eigenvalue weighted by atomic mass is 16.6. The summed E-state index contributed by atoms with van der Waals surface area (Å²) in [7, 11) is 3.17. The molecule has 3 aromatic rings. The second-order valence-corrected chi connectivity index (χ2v) is 9.57. The number of ether oxygens (including phenoxy) is 2. The average Bonchev–Trinajstić information content (AvgIpc) is 3.08. The first kappa shape index (κ1) is 23.4. The number of aromatic nitrogens is 3. The maximum atomic E-state index is 13.7. The summed E-state index contributed by atoms with van der Waals surface area (Å²) in [6, 6.07) is 10.8. The van der Waals surface area contributed by atoms with E-state index in [9.17, 15) is 19.2 Å². The molecule has 3 heterocycles. The number of carbonyl (C=O) groups is 2. The van der Waals surface area contributed by atoms with E-state index in [1.807, 2.05) is 19.9 Å². The van der Waals surface area contributed by atoms with E-state index >= 15 is 0 Å². The standard InChI is InChI=1S/C26H26N4O6/c1-15(31)16-6-8-17(9-7-16)29-23(32)28-13-12-20-22(30(28)24(29)33)19-11-10-18(35-25(34)27(4)5)14-21(19)36-26(20,2)3/h6-12,14,22H,13H2,1-5H3. The number of allylic oxidation sites excluding steroid dienone is 1. The van der Waals surface area contributed by atoms with Gasteiger partial charge in [0.15, 0.2) is 5.78 Å². The molecule has 36 heavy (non-hydrogen) atoms. The molecule has 0 aliphatic carbocycles. The molecule has 2 aliphatic rings. The Morgan fingerprint density at radius 3 is 2.39 bits per heavy atom. The quantitative estimate of drug-likeness (QED) is 0.413. The van der Waals surface area contributed by atoms with Gasteiger partial charge in [-0.1, -0.05) is 6.08 Å². The summed E-state index contributed by atoms with van der Waals surface area (Å²) < 4.78 is 15.6. The van der Waals surface area contributed by atoms with Gasteiger partial charge in [0.2, 0.25) is 0 Å². The molecule has 0 bridgehead atoms. The van der Waals surface area contributed by atoms with Gasteiger partial charge in [-0.25, -0.2) is 28.3 Å². The molecule has 10 nitrogen and oxygen atoms in total. The molecule has 10 heteroatoms. The first-order chi connectivity index (χ1) is 17.0. The number of Topliss-reactive ketones (excluding diaryl/α,β-unsaturated/α-hetero) is 1. The third kappa shape index (κ3) is 3.57. The van der Waals surface area contributed by atoms with Crippen molar-refractivity contribution in [3.8, 4) is 17.2 Å². The largest absolute Gasteiger partial charge is 0.483 e. The summed E-state index contributed by atoms with van der Waals surface area (Å²) in [4.78, 5) is 52.1. The fourth-order valence-electron chi connectivity index (χ4n) is 4.70. The first-order valence-corrected chi connectivity index (χ1v) is 11.5. The lowest BCUT2D eigenvalue weighted by atomic mass is 9.83. The van der Waals surface area contributed by atoms with Crippen molar-refractivity contribution in [2.24, 2.45) is 0 Å². The number of rotatable bonds is 3. The van der Waals surface area contributed by atoms with E-state index in [1.165, 1.54) is 21.2 Å². The summed E-state index contributed by atoms with van der Waals surface area (Å²) in [5.74, 6) is 0.657. The van der Waals surface area contributed by atoms with E-state index in [-0.39, 0.29) is 12.3 Å². The zero-order valence-electron chi connectivity index (χ0n) is 20.6. The van der Waals surface area contributed by atoms with Gasteiger partial charge in [-0.2, -0.15) is 0 Å². The van der Waals surface area contributed by atoms with Crippen LogP contribution in [-0.4, -0.2) is 50.4 Å². The molecule has 1 atom stereocenters. The smallest absolute Gasteiger partial charge is 0.414 e. The van der Waals surface area contributed by atoms with Crippen LogP contribution in [0.3, 0.4) is 0 Å². The van der Waals surface area contributed by atoms with Crippen molar-refractivity contribution in [2.75, 3.05) is 14.1 Å². The highest BCUT2D eigenvalue weighted by molar-refractivity contribution is 5.94. The SMILES string of the molecule is CC(=O)c1ccc(-n2c(=O)n3n(c2=O)C2C(=CC3)C(C)(C)Oc3cc(OC(=O)N(C)C)ccc32)cc1. The number of hydrogen-bond acceptors (Lipinski definition) is 6. The third-order valence-corrected chi connectivity index (χ3v) is 6.53. The molecule has 0 saturated heterocycles. The molecule has 0 N–H and O–H groups in total. The van der Waals surface area contributed by atoms with E-state index in [0.29, 0.717) is 28.3 Å². The highest BCUT2D eigenvalue weighted by Crippen LogP contribution is 2.47. The molecule has 5 rings (SSSR count). The van der Waals surface area contributed by atoms with Crippen molar-refractivity contribution < 1.29 is 19.1 Å². The highest BCUT2D eigenvalue weighted by Gasteiger charge is 2.44. The van der Waals surface area contributed by atoms with E-state index < -0.39 is 29.1 Å². The van der Waals surface area contributed by atoms with Crippen molar-refractivity contribution in [3.63, 3.8) is 0 Å². The molecule has 0 saturated carbocycles. The van der Waals surface area contributed by atoms with Crippen LogP contribution in [0.15, 0.2) is 63.7 Å². The Bertz CT molecular complexity index is 1550. The molecular weight excluding hydrogens is 464 g/mol. The van der Waals surface area contributed by atoms with Crippen molar-refractivity contribution in [3.05, 3.63) is 86.2 Å². The summed E-state index contributed by atoms with van der Waals surface area (Å²) in [5, 5.41) is 0. The molecule has 0 spiro atoms. The van der Waals surface area contributed by atoms with Crippen LogP contribution in [0, 0.1) is 0 Å². The number of amides is 1. The van der Waals surface area contributed by atoms with Gasteiger partial charge in [-0.15, -0.1) is 0 Å². The molecular formula is C26H26N4O6. The normalized spacial score (nSPS) is 17.1. The topological polar surface area (TPSA) is 105 Å². The van der Waals surface area contributed by atoms with Crippen LogP contribution in [0.2, 0.25) is 0 Å². The van der Waals surface area contributed by atoms with Gasteiger partial charge in [-0.05, 0) is 62.7 Å². The number of ketones is 1. The van der Waals surface area contributed by atoms with Crippen LogP contribution in [0.25, 0.3) is 5.69 Å². The molecule has 1 aromatic heterocycles. The number of carbonyl (C=O) groups excluding carboxylic acids is 2. The van der Waals surface area contributed by atoms with Crippen molar-refractivity contribution in [2.45, 2.75) is 39.0 Å².